The third-order valence-electron chi connectivity index (χ3n) is 3.11. The molecular formula is C12H16O2. The summed E-state index contributed by atoms with van der Waals surface area (Å²) in [6.45, 7) is 0. The molecule has 14 heavy (non-hydrogen) atoms. The minimum Gasteiger partial charge on any atom is -0.390 e. The van der Waals surface area contributed by atoms with E-state index in [1.165, 1.54) is 0 Å². The van der Waals surface area contributed by atoms with Crippen LogP contribution < -0.4 is 0 Å². The Kier molecular flexibility index (Phi) is 2.57. The van der Waals surface area contributed by atoms with E-state index in [0.717, 1.165) is 18.4 Å². The van der Waals surface area contributed by atoms with Crippen molar-refractivity contribution in [3.05, 3.63) is 35.9 Å². The van der Waals surface area contributed by atoms with E-state index in [4.69, 9.17) is 0 Å². The predicted molar refractivity (Wildman–Crippen MR) is 54.8 cm³/mol. The maximum absolute atomic E-state index is 10.4. The van der Waals surface area contributed by atoms with Gasteiger partial charge in [0.2, 0.25) is 0 Å². The van der Waals surface area contributed by atoms with Gasteiger partial charge >= 0.3 is 0 Å². The molecule has 2 N–H and O–H groups in total. The summed E-state index contributed by atoms with van der Waals surface area (Å²) >= 11 is 0. The molecule has 0 aromatic heterocycles. The second kappa shape index (κ2) is 3.71. The topological polar surface area (TPSA) is 40.5 Å². The molecule has 2 atom stereocenters. The summed E-state index contributed by atoms with van der Waals surface area (Å²) in [7, 11) is 0. The first-order valence-corrected chi connectivity index (χ1v) is 5.19. The second-order valence-electron chi connectivity index (χ2n) is 4.05. The molecule has 0 saturated heterocycles. The van der Waals surface area contributed by atoms with Crippen molar-refractivity contribution < 1.29 is 10.2 Å². The zero-order chi connectivity index (χ0) is 10.0. The highest BCUT2D eigenvalue weighted by molar-refractivity contribution is 5.24. The van der Waals surface area contributed by atoms with Crippen LogP contribution in [0.5, 0.6) is 0 Å². The van der Waals surface area contributed by atoms with Gasteiger partial charge in [-0.3, -0.25) is 0 Å². The van der Waals surface area contributed by atoms with Crippen LogP contribution >= 0.6 is 0 Å². The molecule has 2 nitrogen and oxygen atoms in total. The molecule has 0 aliphatic heterocycles. The van der Waals surface area contributed by atoms with E-state index in [1.807, 2.05) is 30.3 Å². The quantitative estimate of drug-likeness (QED) is 0.712. The van der Waals surface area contributed by atoms with Gasteiger partial charge in [-0.15, -0.1) is 0 Å². The van der Waals surface area contributed by atoms with Gasteiger partial charge in [0.15, 0.2) is 0 Å². The number of hydrogen-bond acceptors (Lipinski definition) is 2. The molecule has 76 valence electrons. The first-order valence-electron chi connectivity index (χ1n) is 5.19. The predicted octanol–water partition coefficient (Wildman–Crippen LogP) is 1.81. The van der Waals surface area contributed by atoms with E-state index in [1.54, 1.807) is 0 Å². The highest BCUT2D eigenvalue weighted by Gasteiger charge is 2.38. The fourth-order valence-corrected chi connectivity index (χ4v) is 2.20. The summed E-state index contributed by atoms with van der Waals surface area (Å²) in [5.41, 5.74) is -0.174. The minimum atomic E-state index is -1.01. The lowest BCUT2D eigenvalue weighted by molar-refractivity contribution is -0.106. The smallest absolute Gasteiger partial charge is 0.115 e. The molecule has 0 amide bonds. The molecule has 0 heterocycles. The fraction of sp³-hybridized carbons (Fsp3) is 0.500. The average molecular weight is 192 g/mol. The van der Waals surface area contributed by atoms with Gasteiger partial charge in [-0.05, 0) is 18.4 Å². The van der Waals surface area contributed by atoms with Crippen LogP contribution in [0.3, 0.4) is 0 Å². The molecule has 1 aromatic carbocycles. The van der Waals surface area contributed by atoms with E-state index >= 15 is 0 Å². The van der Waals surface area contributed by atoms with Crippen molar-refractivity contribution in [2.45, 2.75) is 37.4 Å². The Bertz CT molecular complexity index is 296. The molecular weight excluding hydrogens is 176 g/mol. The molecule has 1 fully saturated rings. The molecule has 2 heteroatoms. The van der Waals surface area contributed by atoms with Crippen LogP contribution in [0.2, 0.25) is 0 Å². The van der Waals surface area contributed by atoms with Crippen molar-refractivity contribution in [1.82, 2.24) is 0 Å². The lowest BCUT2D eigenvalue weighted by Crippen LogP contribution is -2.41. The summed E-state index contributed by atoms with van der Waals surface area (Å²) in [5, 5.41) is 20.2. The number of hydrogen-bond donors (Lipinski definition) is 2. The van der Waals surface area contributed by atoms with Gasteiger partial charge < -0.3 is 10.2 Å². The van der Waals surface area contributed by atoms with Gasteiger partial charge in [0.05, 0.1) is 6.10 Å². The monoisotopic (exact) mass is 192 g/mol. The summed E-state index contributed by atoms with van der Waals surface area (Å²) in [6, 6.07) is 9.48. The number of aliphatic hydroxyl groups excluding tert-OH is 1. The minimum absolute atomic E-state index is 0.612. The molecule has 1 aliphatic rings. The van der Waals surface area contributed by atoms with Crippen LogP contribution in [-0.2, 0) is 5.60 Å². The van der Waals surface area contributed by atoms with Gasteiger partial charge in [-0.25, -0.2) is 0 Å². The SMILES string of the molecule is O[C@@H]1CCCC[C@@]1(O)c1ccccc1. The lowest BCUT2D eigenvalue weighted by atomic mass is 9.77. The largest absolute Gasteiger partial charge is 0.390 e. The van der Waals surface area contributed by atoms with Gasteiger partial charge in [0, 0.05) is 0 Å². The van der Waals surface area contributed by atoms with Crippen molar-refractivity contribution in [2.24, 2.45) is 0 Å². The summed E-state index contributed by atoms with van der Waals surface area (Å²) in [6.07, 6.45) is 2.75. The molecule has 1 aromatic rings. The van der Waals surface area contributed by atoms with E-state index < -0.39 is 11.7 Å². The van der Waals surface area contributed by atoms with Gasteiger partial charge in [0.1, 0.15) is 5.60 Å². The molecule has 0 bridgehead atoms. The molecule has 0 unspecified atom stereocenters. The highest BCUT2D eigenvalue weighted by atomic mass is 16.3. The molecule has 1 aliphatic carbocycles. The van der Waals surface area contributed by atoms with E-state index in [0.29, 0.717) is 12.8 Å². The van der Waals surface area contributed by atoms with Gasteiger partial charge in [0.25, 0.3) is 0 Å². The molecule has 0 spiro atoms. The third kappa shape index (κ3) is 1.56. The molecule has 1 saturated carbocycles. The maximum Gasteiger partial charge on any atom is 0.115 e. The Balaban J connectivity index is 2.30. The number of aliphatic hydroxyl groups is 2. The third-order valence-corrected chi connectivity index (χ3v) is 3.11. The zero-order valence-electron chi connectivity index (χ0n) is 8.19. The fourth-order valence-electron chi connectivity index (χ4n) is 2.20. The van der Waals surface area contributed by atoms with Crippen LogP contribution in [0.1, 0.15) is 31.2 Å². The first-order chi connectivity index (χ1) is 6.73. The maximum atomic E-state index is 10.4. The van der Waals surface area contributed by atoms with Crippen molar-refractivity contribution in [3.63, 3.8) is 0 Å². The molecule has 0 radical (unpaired) electrons. The Labute approximate surface area is 84.2 Å². The average Bonchev–Trinajstić information content (AvgIpc) is 2.24. The summed E-state index contributed by atoms with van der Waals surface area (Å²) in [5.74, 6) is 0. The molecule has 2 rings (SSSR count). The van der Waals surface area contributed by atoms with Crippen molar-refractivity contribution in [2.75, 3.05) is 0 Å². The van der Waals surface area contributed by atoms with E-state index in [9.17, 15) is 10.2 Å². The summed E-state index contributed by atoms with van der Waals surface area (Å²) in [4.78, 5) is 0. The van der Waals surface area contributed by atoms with Gasteiger partial charge in [-0.1, -0.05) is 43.2 Å². The van der Waals surface area contributed by atoms with Crippen molar-refractivity contribution in [3.8, 4) is 0 Å². The summed E-state index contributed by atoms with van der Waals surface area (Å²) < 4.78 is 0. The Morgan fingerprint density at radius 2 is 1.86 bits per heavy atom. The van der Waals surface area contributed by atoms with Crippen LogP contribution in [0.15, 0.2) is 30.3 Å². The van der Waals surface area contributed by atoms with Gasteiger partial charge in [-0.2, -0.15) is 0 Å². The van der Waals surface area contributed by atoms with E-state index in [-0.39, 0.29) is 0 Å². The number of rotatable bonds is 1. The standard InChI is InChI=1S/C12H16O2/c13-11-8-4-5-9-12(11,14)10-6-2-1-3-7-10/h1-3,6-7,11,13-14H,4-5,8-9H2/t11-,12-/m1/s1. The van der Waals surface area contributed by atoms with Crippen LogP contribution in [-0.4, -0.2) is 16.3 Å². The highest BCUT2D eigenvalue weighted by Crippen LogP contribution is 2.36. The van der Waals surface area contributed by atoms with Crippen LogP contribution in [0.25, 0.3) is 0 Å². The van der Waals surface area contributed by atoms with Crippen LogP contribution in [0.4, 0.5) is 0 Å². The van der Waals surface area contributed by atoms with E-state index in [2.05, 4.69) is 0 Å². The normalized spacial score (nSPS) is 32.9. The van der Waals surface area contributed by atoms with Crippen LogP contribution in [0, 0.1) is 0 Å². The van der Waals surface area contributed by atoms with Crippen molar-refractivity contribution >= 4 is 0 Å². The second-order valence-corrected chi connectivity index (χ2v) is 4.05. The lowest BCUT2D eigenvalue weighted by Gasteiger charge is -2.37. The Morgan fingerprint density at radius 3 is 2.50 bits per heavy atom. The first kappa shape index (κ1) is 9.69. The zero-order valence-corrected chi connectivity index (χ0v) is 8.19. The Morgan fingerprint density at radius 1 is 1.14 bits per heavy atom. The Hall–Kier alpha value is -0.860. The van der Waals surface area contributed by atoms with Crippen molar-refractivity contribution in [1.29, 1.82) is 0 Å². The number of benzene rings is 1.